The molecule has 0 saturated heterocycles. The van der Waals surface area contributed by atoms with Crippen LogP contribution in [-0.4, -0.2) is 30.0 Å². The first-order valence-electron chi connectivity index (χ1n) is 5.84. The van der Waals surface area contributed by atoms with E-state index in [0.29, 0.717) is 17.3 Å². The fourth-order valence-electron chi connectivity index (χ4n) is 1.33. The van der Waals surface area contributed by atoms with E-state index >= 15 is 0 Å². The van der Waals surface area contributed by atoms with Crippen molar-refractivity contribution in [3.05, 3.63) is 29.8 Å². The molecule has 19 heavy (non-hydrogen) atoms. The van der Waals surface area contributed by atoms with Gasteiger partial charge in [-0.05, 0) is 50.3 Å². The molecule has 5 nitrogen and oxygen atoms in total. The van der Waals surface area contributed by atoms with Gasteiger partial charge in [-0.2, -0.15) is 0 Å². The predicted molar refractivity (Wildman–Crippen MR) is 77.3 cm³/mol. The van der Waals surface area contributed by atoms with E-state index in [0.717, 1.165) is 5.69 Å². The Bertz CT molecular complexity index is 471. The summed E-state index contributed by atoms with van der Waals surface area (Å²) in [4.78, 5) is 22.2. The first-order valence-corrected chi connectivity index (χ1v) is 6.25. The Morgan fingerprint density at radius 3 is 2.42 bits per heavy atom. The Morgan fingerprint density at radius 1 is 1.26 bits per heavy atom. The highest BCUT2D eigenvalue weighted by molar-refractivity contribution is 7.80. The van der Waals surface area contributed by atoms with Gasteiger partial charge in [-0.1, -0.05) is 0 Å². The zero-order chi connectivity index (χ0) is 14.3. The third-order valence-corrected chi connectivity index (χ3v) is 2.49. The maximum absolute atomic E-state index is 11.1. The fraction of sp³-hybridized carbons (Fsp3) is 0.308. The fourth-order valence-corrected chi connectivity index (χ4v) is 1.52. The molecule has 0 amide bonds. The van der Waals surface area contributed by atoms with Gasteiger partial charge in [-0.3, -0.25) is 9.59 Å². The van der Waals surface area contributed by atoms with Gasteiger partial charge in [0.05, 0.1) is 6.61 Å². The number of benzene rings is 1. The monoisotopic (exact) mass is 280 g/mol. The molecule has 2 N–H and O–H groups in total. The average Bonchev–Trinajstić information content (AvgIpc) is 2.37. The van der Waals surface area contributed by atoms with E-state index in [1.54, 1.807) is 31.2 Å². The van der Waals surface area contributed by atoms with Gasteiger partial charge >= 0.3 is 5.97 Å². The zero-order valence-corrected chi connectivity index (χ0v) is 11.7. The molecule has 6 heteroatoms. The zero-order valence-electron chi connectivity index (χ0n) is 10.9. The highest BCUT2D eigenvalue weighted by Gasteiger charge is 2.04. The van der Waals surface area contributed by atoms with E-state index < -0.39 is 0 Å². The minimum Gasteiger partial charge on any atom is -0.465 e. The van der Waals surface area contributed by atoms with E-state index in [-0.39, 0.29) is 18.3 Å². The van der Waals surface area contributed by atoms with Crippen LogP contribution >= 0.6 is 12.2 Å². The molecule has 0 saturated carbocycles. The first-order chi connectivity index (χ1) is 9.02. The maximum atomic E-state index is 11.1. The van der Waals surface area contributed by atoms with Crippen molar-refractivity contribution >= 4 is 34.8 Å². The Balaban J connectivity index is 2.44. The number of ether oxygens (including phenoxy) is 1. The van der Waals surface area contributed by atoms with Gasteiger partial charge < -0.3 is 15.4 Å². The van der Waals surface area contributed by atoms with Crippen LogP contribution in [-0.2, 0) is 9.53 Å². The molecular weight excluding hydrogens is 264 g/mol. The van der Waals surface area contributed by atoms with E-state index in [1.165, 1.54) is 6.92 Å². The molecule has 1 aromatic rings. The number of rotatable bonds is 5. The number of ketones is 1. The Kier molecular flexibility index (Phi) is 5.95. The van der Waals surface area contributed by atoms with Crippen molar-refractivity contribution in [2.24, 2.45) is 0 Å². The maximum Gasteiger partial charge on any atom is 0.325 e. The minimum absolute atomic E-state index is 0.00885. The summed E-state index contributed by atoms with van der Waals surface area (Å²) in [6.45, 7) is 3.61. The van der Waals surface area contributed by atoms with Crippen LogP contribution in [0.4, 0.5) is 5.69 Å². The van der Waals surface area contributed by atoms with Gasteiger partial charge in [0.1, 0.15) is 6.54 Å². The van der Waals surface area contributed by atoms with Gasteiger partial charge in [0.15, 0.2) is 10.9 Å². The van der Waals surface area contributed by atoms with Crippen molar-refractivity contribution in [1.29, 1.82) is 0 Å². The predicted octanol–water partition coefficient (Wildman–Crippen LogP) is 1.74. The van der Waals surface area contributed by atoms with Crippen LogP contribution < -0.4 is 10.6 Å². The lowest BCUT2D eigenvalue weighted by Gasteiger charge is -2.10. The van der Waals surface area contributed by atoms with Crippen LogP contribution in [0.25, 0.3) is 0 Å². The number of Topliss-reactive ketones (excluding diaryl/α,β-unsaturated/α-hetero) is 1. The number of thiocarbonyl (C=S) groups is 1. The molecule has 0 fully saturated rings. The van der Waals surface area contributed by atoms with Crippen LogP contribution in [0.2, 0.25) is 0 Å². The summed E-state index contributed by atoms with van der Waals surface area (Å²) in [5, 5.41) is 5.96. The topological polar surface area (TPSA) is 67.4 Å². The summed E-state index contributed by atoms with van der Waals surface area (Å²) in [5.41, 5.74) is 1.38. The second-order valence-electron chi connectivity index (χ2n) is 3.75. The van der Waals surface area contributed by atoms with Crippen LogP contribution in [0, 0.1) is 0 Å². The van der Waals surface area contributed by atoms with E-state index in [2.05, 4.69) is 10.6 Å². The molecular formula is C13H16N2O3S. The number of hydrogen-bond acceptors (Lipinski definition) is 4. The average molecular weight is 280 g/mol. The highest BCUT2D eigenvalue weighted by atomic mass is 32.1. The standard InChI is InChI=1S/C13H16N2O3S/c1-3-18-12(17)8-14-13(19)15-11-6-4-10(5-7-11)9(2)16/h4-7H,3,8H2,1-2H3,(H2,14,15,19). The largest absolute Gasteiger partial charge is 0.465 e. The van der Waals surface area contributed by atoms with Crippen LogP contribution in [0.1, 0.15) is 24.2 Å². The van der Waals surface area contributed by atoms with Crippen molar-refractivity contribution in [2.75, 3.05) is 18.5 Å². The molecule has 1 rings (SSSR count). The van der Waals surface area contributed by atoms with Gasteiger partial charge in [0, 0.05) is 11.3 Å². The molecule has 0 aliphatic carbocycles. The highest BCUT2D eigenvalue weighted by Crippen LogP contribution is 2.09. The second-order valence-corrected chi connectivity index (χ2v) is 4.15. The molecule has 0 aliphatic heterocycles. The van der Waals surface area contributed by atoms with Crippen molar-refractivity contribution in [3.63, 3.8) is 0 Å². The van der Waals surface area contributed by atoms with Crippen molar-refractivity contribution in [2.45, 2.75) is 13.8 Å². The SMILES string of the molecule is CCOC(=O)CNC(=S)Nc1ccc(C(C)=O)cc1. The van der Waals surface area contributed by atoms with E-state index in [1.807, 2.05) is 0 Å². The molecule has 0 aromatic heterocycles. The van der Waals surface area contributed by atoms with Gasteiger partial charge in [-0.25, -0.2) is 0 Å². The lowest BCUT2D eigenvalue weighted by Crippen LogP contribution is -2.33. The number of carbonyl (C=O) groups is 2. The Morgan fingerprint density at radius 2 is 1.89 bits per heavy atom. The van der Waals surface area contributed by atoms with Crippen LogP contribution in [0.15, 0.2) is 24.3 Å². The second kappa shape index (κ2) is 7.48. The van der Waals surface area contributed by atoms with Crippen LogP contribution in [0.3, 0.4) is 0 Å². The van der Waals surface area contributed by atoms with Gasteiger partial charge in [-0.15, -0.1) is 0 Å². The summed E-state index contributed by atoms with van der Waals surface area (Å²) in [7, 11) is 0. The molecule has 1 aromatic carbocycles. The summed E-state index contributed by atoms with van der Waals surface area (Å²) >= 11 is 5.03. The Labute approximate surface area is 117 Å². The van der Waals surface area contributed by atoms with Crippen molar-refractivity contribution < 1.29 is 14.3 Å². The lowest BCUT2D eigenvalue weighted by atomic mass is 10.1. The van der Waals surface area contributed by atoms with Crippen LogP contribution in [0.5, 0.6) is 0 Å². The molecule has 0 bridgehead atoms. The summed E-state index contributed by atoms with van der Waals surface area (Å²) < 4.78 is 4.76. The molecule has 102 valence electrons. The molecule has 0 unspecified atom stereocenters. The third-order valence-electron chi connectivity index (χ3n) is 2.25. The first kappa shape index (κ1) is 15.1. The van der Waals surface area contributed by atoms with E-state index in [9.17, 15) is 9.59 Å². The quantitative estimate of drug-likeness (QED) is 0.486. The Hall–Kier alpha value is -1.95. The van der Waals surface area contributed by atoms with Crippen molar-refractivity contribution in [1.82, 2.24) is 5.32 Å². The van der Waals surface area contributed by atoms with Gasteiger partial charge in [0.25, 0.3) is 0 Å². The molecule has 0 aliphatic rings. The van der Waals surface area contributed by atoms with E-state index in [4.69, 9.17) is 17.0 Å². The molecule has 0 spiro atoms. The summed E-state index contributed by atoms with van der Waals surface area (Å²) in [5.74, 6) is -0.354. The molecule has 0 radical (unpaired) electrons. The number of anilines is 1. The van der Waals surface area contributed by atoms with Gasteiger partial charge in [0.2, 0.25) is 0 Å². The number of nitrogens with one attached hydrogen (secondary N) is 2. The molecule has 0 heterocycles. The summed E-state index contributed by atoms with van der Waals surface area (Å²) in [6, 6.07) is 6.90. The number of esters is 1. The smallest absolute Gasteiger partial charge is 0.325 e. The summed E-state index contributed by atoms with van der Waals surface area (Å²) in [6.07, 6.45) is 0. The minimum atomic E-state index is -0.362. The van der Waals surface area contributed by atoms with Crippen molar-refractivity contribution in [3.8, 4) is 0 Å². The number of hydrogen-bond donors (Lipinski definition) is 2. The lowest BCUT2D eigenvalue weighted by molar-refractivity contribution is -0.141. The normalized spacial score (nSPS) is 9.58. The number of carbonyl (C=O) groups excluding carboxylic acids is 2. The third kappa shape index (κ3) is 5.48. The molecule has 0 atom stereocenters.